The molecule has 4 heteroatoms. The lowest BCUT2D eigenvalue weighted by Gasteiger charge is -2.26. The Bertz CT molecular complexity index is 479. The zero-order chi connectivity index (χ0) is 14.0. The number of carbonyl (C=O) groups excluding carboxylic acids is 1. The normalized spacial score (nSPS) is 23.1. The lowest BCUT2D eigenvalue weighted by Crippen LogP contribution is -2.24. The van der Waals surface area contributed by atoms with Crippen molar-refractivity contribution in [1.82, 2.24) is 0 Å². The van der Waals surface area contributed by atoms with Gasteiger partial charge in [0.2, 0.25) is 0 Å². The number of anilines is 1. The summed E-state index contributed by atoms with van der Waals surface area (Å²) in [6.07, 6.45) is 4.27. The zero-order valence-corrected chi connectivity index (χ0v) is 13.0. The van der Waals surface area contributed by atoms with Gasteiger partial charge in [-0.25, -0.2) is 4.79 Å². The van der Waals surface area contributed by atoms with Crippen molar-refractivity contribution < 1.29 is 9.53 Å². The molecule has 1 saturated carbocycles. The summed E-state index contributed by atoms with van der Waals surface area (Å²) in [6, 6.07) is 3.58. The summed E-state index contributed by atoms with van der Waals surface area (Å²) < 4.78 is 6.41. The van der Waals surface area contributed by atoms with E-state index >= 15 is 0 Å². The van der Waals surface area contributed by atoms with Crippen molar-refractivity contribution in [2.75, 3.05) is 5.73 Å². The molecule has 0 aliphatic heterocycles. The molecule has 1 aliphatic carbocycles. The van der Waals surface area contributed by atoms with Crippen LogP contribution in [-0.2, 0) is 4.74 Å². The number of hydrogen-bond acceptors (Lipinski definition) is 3. The molecular formula is C15H20BrNO2. The van der Waals surface area contributed by atoms with Crippen LogP contribution < -0.4 is 5.73 Å². The van der Waals surface area contributed by atoms with Gasteiger partial charge in [-0.3, -0.25) is 0 Å². The number of hydrogen-bond donors (Lipinski definition) is 1. The van der Waals surface area contributed by atoms with Gasteiger partial charge >= 0.3 is 5.97 Å². The van der Waals surface area contributed by atoms with Gasteiger partial charge in [0.05, 0.1) is 5.56 Å². The van der Waals surface area contributed by atoms with Crippen LogP contribution in [0, 0.1) is 12.8 Å². The van der Waals surface area contributed by atoms with Crippen LogP contribution in [0.15, 0.2) is 16.6 Å². The highest BCUT2D eigenvalue weighted by molar-refractivity contribution is 9.10. The molecule has 0 bridgehead atoms. The maximum atomic E-state index is 12.2. The summed E-state index contributed by atoms with van der Waals surface area (Å²) in [6.45, 7) is 4.10. The average molecular weight is 326 g/mol. The molecule has 1 aliphatic rings. The molecule has 1 aromatic carbocycles. The highest BCUT2D eigenvalue weighted by Gasteiger charge is 2.23. The Morgan fingerprint density at radius 2 is 1.95 bits per heavy atom. The molecule has 1 fully saturated rings. The molecule has 2 N–H and O–H groups in total. The van der Waals surface area contributed by atoms with E-state index in [9.17, 15) is 4.79 Å². The van der Waals surface area contributed by atoms with E-state index in [2.05, 4.69) is 22.9 Å². The predicted molar refractivity (Wildman–Crippen MR) is 80.1 cm³/mol. The first-order valence-corrected chi connectivity index (χ1v) is 7.53. The summed E-state index contributed by atoms with van der Waals surface area (Å²) in [5.41, 5.74) is 7.83. The van der Waals surface area contributed by atoms with E-state index in [4.69, 9.17) is 10.5 Å². The van der Waals surface area contributed by atoms with Crippen LogP contribution in [0.3, 0.4) is 0 Å². The van der Waals surface area contributed by atoms with Crippen molar-refractivity contribution in [3.8, 4) is 0 Å². The molecule has 3 nitrogen and oxygen atoms in total. The maximum absolute atomic E-state index is 12.2. The van der Waals surface area contributed by atoms with Crippen LogP contribution in [-0.4, -0.2) is 12.1 Å². The molecule has 104 valence electrons. The minimum Gasteiger partial charge on any atom is -0.459 e. The van der Waals surface area contributed by atoms with E-state index in [-0.39, 0.29) is 12.1 Å². The van der Waals surface area contributed by atoms with Gasteiger partial charge in [0.1, 0.15) is 6.10 Å². The van der Waals surface area contributed by atoms with E-state index in [0.29, 0.717) is 11.3 Å². The highest BCUT2D eigenvalue weighted by atomic mass is 79.9. The molecule has 2 rings (SSSR count). The number of carbonyl (C=O) groups is 1. The number of nitrogens with two attached hydrogens (primary N) is 1. The Kier molecular flexibility index (Phi) is 4.50. The van der Waals surface area contributed by atoms with Gasteiger partial charge in [-0.15, -0.1) is 0 Å². The predicted octanol–water partition coefficient (Wildman–Crippen LogP) is 4.08. The van der Waals surface area contributed by atoms with Crippen molar-refractivity contribution in [3.63, 3.8) is 0 Å². The summed E-state index contributed by atoms with van der Waals surface area (Å²) in [5.74, 6) is 0.489. The van der Waals surface area contributed by atoms with Gasteiger partial charge in [-0.2, -0.15) is 0 Å². The number of halogens is 1. The lowest BCUT2D eigenvalue weighted by atomic mass is 9.89. The second kappa shape index (κ2) is 5.95. The van der Waals surface area contributed by atoms with E-state index in [1.807, 2.05) is 6.92 Å². The molecule has 0 amide bonds. The quantitative estimate of drug-likeness (QED) is 0.658. The van der Waals surface area contributed by atoms with Crippen LogP contribution in [0.2, 0.25) is 0 Å². The van der Waals surface area contributed by atoms with E-state index in [1.54, 1.807) is 12.1 Å². The Morgan fingerprint density at radius 1 is 1.32 bits per heavy atom. The standard InChI is InChI=1S/C15H20BrNO2/c1-9-3-5-12(6-4-9)19-15(18)13-7-11(16)8-14(17)10(13)2/h7-9,12H,3-6,17H2,1-2H3. The van der Waals surface area contributed by atoms with Gasteiger partial charge < -0.3 is 10.5 Å². The first kappa shape index (κ1) is 14.4. The van der Waals surface area contributed by atoms with Crippen LogP contribution in [0.4, 0.5) is 5.69 Å². The van der Waals surface area contributed by atoms with Gasteiger partial charge in [-0.05, 0) is 56.2 Å². The topological polar surface area (TPSA) is 52.3 Å². The third-order valence-electron chi connectivity index (χ3n) is 3.87. The molecule has 0 radical (unpaired) electrons. The monoisotopic (exact) mass is 325 g/mol. The summed E-state index contributed by atoms with van der Waals surface area (Å²) >= 11 is 3.36. The largest absolute Gasteiger partial charge is 0.459 e. The molecule has 0 atom stereocenters. The number of benzene rings is 1. The lowest BCUT2D eigenvalue weighted by molar-refractivity contribution is 0.0173. The number of rotatable bonds is 2. The molecular weight excluding hydrogens is 306 g/mol. The Morgan fingerprint density at radius 3 is 2.58 bits per heavy atom. The van der Waals surface area contributed by atoms with Gasteiger partial charge in [0, 0.05) is 10.2 Å². The fourth-order valence-electron chi connectivity index (χ4n) is 2.47. The van der Waals surface area contributed by atoms with Crippen molar-refractivity contribution >= 4 is 27.6 Å². The summed E-state index contributed by atoms with van der Waals surface area (Å²) in [7, 11) is 0. The number of ether oxygens (including phenoxy) is 1. The maximum Gasteiger partial charge on any atom is 0.338 e. The third kappa shape index (κ3) is 3.50. The average Bonchev–Trinajstić information content (AvgIpc) is 2.36. The molecule has 0 saturated heterocycles. The van der Waals surface area contributed by atoms with E-state index in [0.717, 1.165) is 41.6 Å². The van der Waals surface area contributed by atoms with Crippen LogP contribution in [0.25, 0.3) is 0 Å². The first-order valence-electron chi connectivity index (χ1n) is 6.74. The van der Waals surface area contributed by atoms with Crippen molar-refractivity contribution in [1.29, 1.82) is 0 Å². The molecule has 0 spiro atoms. The third-order valence-corrected chi connectivity index (χ3v) is 4.33. The second-order valence-electron chi connectivity index (χ2n) is 5.45. The molecule has 0 unspecified atom stereocenters. The van der Waals surface area contributed by atoms with E-state index < -0.39 is 0 Å². The van der Waals surface area contributed by atoms with Crippen LogP contribution in [0.1, 0.15) is 48.5 Å². The highest BCUT2D eigenvalue weighted by Crippen LogP contribution is 2.28. The van der Waals surface area contributed by atoms with Gasteiger partial charge in [0.25, 0.3) is 0 Å². The first-order chi connectivity index (χ1) is 8.97. The number of nitrogen functional groups attached to an aromatic ring is 1. The molecule has 19 heavy (non-hydrogen) atoms. The Labute approximate surface area is 122 Å². The fraction of sp³-hybridized carbons (Fsp3) is 0.533. The second-order valence-corrected chi connectivity index (χ2v) is 6.37. The van der Waals surface area contributed by atoms with Gasteiger partial charge in [-0.1, -0.05) is 22.9 Å². The smallest absolute Gasteiger partial charge is 0.338 e. The summed E-state index contributed by atoms with van der Waals surface area (Å²) in [4.78, 5) is 12.2. The zero-order valence-electron chi connectivity index (χ0n) is 11.4. The van der Waals surface area contributed by atoms with Crippen molar-refractivity contribution in [2.24, 2.45) is 5.92 Å². The SMILES string of the molecule is Cc1c(N)cc(Br)cc1C(=O)OC1CCC(C)CC1. The summed E-state index contributed by atoms with van der Waals surface area (Å²) in [5, 5.41) is 0. The Balaban J connectivity index is 2.08. The van der Waals surface area contributed by atoms with E-state index in [1.165, 1.54) is 0 Å². The fourth-order valence-corrected chi connectivity index (χ4v) is 2.95. The van der Waals surface area contributed by atoms with Crippen molar-refractivity contribution in [2.45, 2.75) is 45.6 Å². The van der Waals surface area contributed by atoms with Gasteiger partial charge in [0.15, 0.2) is 0 Å². The van der Waals surface area contributed by atoms with Crippen LogP contribution >= 0.6 is 15.9 Å². The molecule has 0 heterocycles. The Hall–Kier alpha value is -1.03. The minimum atomic E-state index is -0.259. The van der Waals surface area contributed by atoms with Crippen LogP contribution in [0.5, 0.6) is 0 Å². The minimum absolute atomic E-state index is 0.0586. The molecule has 1 aromatic rings. The molecule has 0 aromatic heterocycles. The number of esters is 1. The van der Waals surface area contributed by atoms with Crippen molar-refractivity contribution in [3.05, 3.63) is 27.7 Å².